The van der Waals surface area contributed by atoms with Crippen LogP contribution in [0.15, 0.2) is 59.8 Å². The Labute approximate surface area is 162 Å². The lowest BCUT2D eigenvalue weighted by atomic mass is 10.3. The molecule has 28 heavy (non-hydrogen) atoms. The van der Waals surface area contributed by atoms with Crippen LogP contribution in [0.25, 0.3) is 11.5 Å². The van der Waals surface area contributed by atoms with Crippen LogP contribution in [0.2, 0.25) is 0 Å². The molecule has 4 rings (SSSR count). The predicted octanol–water partition coefficient (Wildman–Crippen LogP) is 1.76. The smallest absolute Gasteiger partial charge is 0.356 e. The van der Waals surface area contributed by atoms with Gasteiger partial charge in [0.15, 0.2) is 17.2 Å². The maximum absolute atomic E-state index is 12.9. The van der Waals surface area contributed by atoms with E-state index in [4.69, 9.17) is 4.11 Å². The predicted molar refractivity (Wildman–Crippen MR) is 103 cm³/mol. The summed E-state index contributed by atoms with van der Waals surface area (Å²) in [5.74, 6) is -0.850. The van der Waals surface area contributed by atoms with Crippen LogP contribution >= 0.6 is 0 Å². The van der Waals surface area contributed by atoms with Gasteiger partial charge in [-0.25, -0.2) is 19.3 Å². The maximum Gasteiger partial charge on any atom is 0.356 e. The molecule has 0 aliphatic carbocycles. The Bertz CT molecular complexity index is 1330. The molecule has 0 spiro atoms. The van der Waals surface area contributed by atoms with Crippen LogP contribution in [0.1, 0.15) is 14.6 Å². The highest BCUT2D eigenvalue weighted by atomic mass is 16.4. The van der Waals surface area contributed by atoms with Gasteiger partial charge in [0, 0.05) is 29.5 Å². The number of aromatic carboxylic acids is 1. The van der Waals surface area contributed by atoms with Crippen molar-refractivity contribution in [2.45, 2.75) is 0 Å². The first-order valence-electron chi connectivity index (χ1n) is 9.53. The third-order valence-corrected chi connectivity index (χ3v) is 3.93. The number of aromatic nitrogens is 5. The van der Waals surface area contributed by atoms with Crippen molar-refractivity contribution in [2.75, 3.05) is 17.6 Å². The zero-order chi connectivity index (χ0) is 22.2. The number of imidazole rings is 1. The van der Waals surface area contributed by atoms with Crippen molar-refractivity contribution in [3.63, 3.8) is 0 Å². The van der Waals surface area contributed by atoms with E-state index in [1.165, 1.54) is 16.7 Å². The summed E-state index contributed by atoms with van der Waals surface area (Å²) in [6.45, 7) is -2.56. The molecule has 0 aliphatic heterocycles. The van der Waals surface area contributed by atoms with E-state index in [1.807, 2.05) is 0 Å². The molecular formula is C18H15N7O3. The third-order valence-electron chi connectivity index (χ3n) is 3.93. The SMILES string of the molecule is [2H]C([2H])([2H])Nc1cc(Nc2cccn(-c3ccccn3)c2=O)nn2c(C(=O)O)cnc12. The topological polar surface area (TPSA) is 126 Å². The summed E-state index contributed by atoms with van der Waals surface area (Å²) in [5.41, 5.74) is -0.551. The maximum atomic E-state index is 12.9. The van der Waals surface area contributed by atoms with E-state index in [-0.39, 0.29) is 28.5 Å². The van der Waals surface area contributed by atoms with Crippen molar-refractivity contribution in [1.82, 2.24) is 24.1 Å². The Balaban J connectivity index is 1.81. The molecule has 3 N–H and O–H groups in total. The molecule has 4 aromatic rings. The molecule has 0 saturated heterocycles. The third kappa shape index (κ3) is 2.92. The van der Waals surface area contributed by atoms with Gasteiger partial charge in [-0.3, -0.25) is 9.36 Å². The summed E-state index contributed by atoms with van der Waals surface area (Å²) < 4.78 is 24.7. The number of nitrogens with zero attached hydrogens (tertiary/aromatic N) is 5. The number of pyridine rings is 2. The Morgan fingerprint density at radius 2 is 2.11 bits per heavy atom. The van der Waals surface area contributed by atoms with Crippen molar-refractivity contribution in [1.29, 1.82) is 0 Å². The second-order valence-electron chi connectivity index (χ2n) is 5.66. The Hall–Kier alpha value is -4.21. The van der Waals surface area contributed by atoms with E-state index in [0.29, 0.717) is 5.82 Å². The Kier molecular flexibility index (Phi) is 3.40. The zero-order valence-corrected chi connectivity index (χ0v) is 14.2. The number of hydrogen-bond donors (Lipinski definition) is 3. The summed E-state index contributed by atoms with van der Waals surface area (Å²) in [5, 5.41) is 18.7. The van der Waals surface area contributed by atoms with Gasteiger partial charge in [-0.2, -0.15) is 0 Å². The molecular weight excluding hydrogens is 362 g/mol. The summed E-state index contributed by atoms with van der Waals surface area (Å²) in [4.78, 5) is 32.5. The van der Waals surface area contributed by atoms with E-state index in [1.54, 1.807) is 36.7 Å². The number of nitrogens with one attached hydrogen (secondary N) is 2. The number of fused-ring (bicyclic) bond motifs is 1. The fraction of sp³-hybridized carbons (Fsp3) is 0.0556. The second-order valence-corrected chi connectivity index (χ2v) is 5.66. The van der Waals surface area contributed by atoms with Crippen LogP contribution in [-0.2, 0) is 0 Å². The molecule has 0 aromatic carbocycles. The quantitative estimate of drug-likeness (QED) is 0.478. The second kappa shape index (κ2) is 6.83. The van der Waals surface area contributed by atoms with Gasteiger partial charge in [-0.15, -0.1) is 5.10 Å². The normalized spacial score (nSPS) is 12.8. The van der Waals surface area contributed by atoms with Crippen LogP contribution in [0.5, 0.6) is 0 Å². The zero-order valence-electron chi connectivity index (χ0n) is 17.2. The lowest BCUT2D eigenvalue weighted by Crippen LogP contribution is -2.21. The lowest BCUT2D eigenvalue weighted by molar-refractivity contribution is 0.0688. The minimum atomic E-state index is -2.56. The summed E-state index contributed by atoms with van der Waals surface area (Å²) in [7, 11) is 0. The molecule has 0 atom stereocenters. The minimum Gasteiger partial charge on any atom is -0.476 e. The number of anilines is 3. The number of rotatable bonds is 5. The molecule has 140 valence electrons. The van der Waals surface area contributed by atoms with Crippen molar-refractivity contribution >= 4 is 28.8 Å². The lowest BCUT2D eigenvalue weighted by Gasteiger charge is -2.11. The van der Waals surface area contributed by atoms with Crippen molar-refractivity contribution < 1.29 is 14.0 Å². The number of carbonyl (C=O) groups is 1. The minimum absolute atomic E-state index is 0.0121. The van der Waals surface area contributed by atoms with Gasteiger partial charge in [-0.1, -0.05) is 6.07 Å². The van der Waals surface area contributed by atoms with Crippen molar-refractivity contribution in [3.8, 4) is 5.82 Å². The molecule has 0 unspecified atom stereocenters. The first-order chi connectivity index (χ1) is 14.7. The molecule has 0 fully saturated rings. The van der Waals surface area contributed by atoms with E-state index >= 15 is 0 Å². The monoisotopic (exact) mass is 380 g/mol. The summed E-state index contributed by atoms with van der Waals surface area (Å²) in [6.07, 6.45) is 4.17. The van der Waals surface area contributed by atoms with Gasteiger partial charge in [0.05, 0.1) is 11.9 Å². The average molecular weight is 380 g/mol. The number of carboxylic acids is 1. The number of carboxylic acid groups (broad SMARTS) is 1. The van der Waals surface area contributed by atoms with Crippen molar-refractivity contribution in [3.05, 3.63) is 71.0 Å². The van der Waals surface area contributed by atoms with Gasteiger partial charge >= 0.3 is 5.97 Å². The van der Waals surface area contributed by atoms with Crippen LogP contribution in [0, 0.1) is 0 Å². The van der Waals surface area contributed by atoms with Gasteiger partial charge < -0.3 is 15.7 Å². The Morgan fingerprint density at radius 3 is 2.86 bits per heavy atom. The highest BCUT2D eigenvalue weighted by Crippen LogP contribution is 2.21. The van der Waals surface area contributed by atoms with Crippen molar-refractivity contribution in [2.24, 2.45) is 0 Å². The highest BCUT2D eigenvalue weighted by Gasteiger charge is 2.16. The van der Waals surface area contributed by atoms with E-state index in [2.05, 4.69) is 25.7 Å². The van der Waals surface area contributed by atoms with Crippen LogP contribution < -0.4 is 16.2 Å². The molecule has 0 saturated carbocycles. The van der Waals surface area contributed by atoms with Gasteiger partial charge in [0.25, 0.3) is 5.56 Å². The van der Waals surface area contributed by atoms with Crippen LogP contribution in [-0.4, -0.2) is 42.2 Å². The van der Waals surface area contributed by atoms with Gasteiger partial charge in [0.2, 0.25) is 0 Å². The van der Waals surface area contributed by atoms with Gasteiger partial charge in [0.1, 0.15) is 11.5 Å². The molecule has 0 bridgehead atoms. The van der Waals surface area contributed by atoms with Gasteiger partial charge in [-0.05, 0) is 24.3 Å². The van der Waals surface area contributed by atoms with E-state index in [9.17, 15) is 14.7 Å². The number of hydrogen-bond acceptors (Lipinski definition) is 7. The molecule has 0 radical (unpaired) electrons. The largest absolute Gasteiger partial charge is 0.476 e. The molecule has 4 heterocycles. The first kappa shape index (κ1) is 13.9. The summed E-state index contributed by atoms with van der Waals surface area (Å²) in [6, 6.07) is 9.59. The van der Waals surface area contributed by atoms with E-state index in [0.717, 1.165) is 10.7 Å². The fourth-order valence-corrected chi connectivity index (χ4v) is 2.67. The van der Waals surface area contributed by atoms with E-state index < -0.39 is 18.5 Å². The highest BCUT2D eigenvalue weighted by molar-refractivity contribution is 5.88. The Morgan fingerprint density at radius 1 is 1.21 bits per heavy atom. The molecule has 0 aliphatic rings. The average Bonchev–Trinajstić information content (AvgIpc) is 3.14. The molecule has 10 nitrogen and oxygen atoms in total. The van der Waals surface area contributed by atoms with Crippen LogP contribution in [0.3, 0.4) is 0 Å². The molecule has 0 amide bonds. The van der Waals surface area contributed by atoms with Crippen LogP contribution in [0.4, 0.5) is 17.2 Å². The first-order valence-corrected chi connectivity index (χ1v) is 8.03. The standard InChI is InChI=1S/C18H15N7O3/c1-19-12-9-14(23-25-13(18(27)28)10-21-16(12)25)22-11-5-4-8-24(17(11)26)15-6-2-3-7-20-15/h2-10,19H,1H3,(H,22,23)(H,27,28)/i1D3. The summed E-state index contributed by atoms with van der Waals surface area (Å²) >= 11 is 0. The fourth-order valence-electron chi connectivity index (χ4n) is 2.67. The molecule has 4 aromatic heterocycles. The molecule has 10 heteroatoms.